The van der Waals surface area contributed by atoms with Gasteiger partial charge in [-0.1, -0.05) is 101 Å². The second kappa shape index (κ2) is 14.6. The van der Waals surface area contributed by atoms with Crippen molar-refractivity contribution in [1.82, 2.24) is 0 Å². The van der Waals surface area contributed by atoms with Gasteiger partial charge in [0.2, 0.25) is 0 Å². The number of epoxide rings is 1. The van der Waals surface area contributed by atoms with Gasteiger partial charge in [0.25, 0.3) is 0 Å². The minimum Gasteiger partial charge on any atom is -0.461 e. The molecule has 0 radical (unpaired) electrons. The largest absolute Gasteiger partial charge is 0.461 e. The third kappa shape index (κ3) is 11.5. The Hall–Kier alpha value is -1.35. The fourth-order valence-electron chi connectivity index (χ4n) is 3.73. The number of esters is 1. The topological polar surface area (TPSA) is 38.8 Å². The molecule has 1 saturated heterocycles. The summed E-state index contributed by atoms with van der Waals surface area (Å²) in [5.41, 5.74) is 1.05. The van der Waals surface area contributed by atoms with Crippen LogP contribution in [-0.4, -0.2) is 18.2 Å². The van der Waals surface area contributed by atoms with E-state index in [1.54, 1.807) is 0 Å². The standard InChI is InChI=1S/C25H40O3/c1-22-24(28-22)19-15-10-8-6-4-2-3-5-7-9-11-16-20-25(26)27-21-23-17-13-12-14-18-23/h12-14,17-18,22,24H,2-11,15-16,19-21H2,1H3. The van der Waals surface area contributed by atoms with E-state index in [-0.39, 0.29) is 5.97 Å². The quantitative estimate of drug-likeness (QED) is 0.164. The van der Waals surface area contributed by atoms with Crippen molar-refractivity contribution in [1.29, 1.82) is 0 Å². The van der Waals surface area contributed by atoms with Crippen LogP contribution in [0.25, 0.3) is 0 Å². The van der Waals surface area contributed by atoms with Crippen LogP contribution >= 0.6 is 0 Å². The number of hydrogen-bond acceptors (Lipinski definition) is 3. The smallest absolute Gasteiger partial charge is 0.306 e. The van der Waals surface area contributed by atoms with Gasteiger partial charge >= 0.3 is 5.97 Å². The zero-order valence-electron chi connectivity index (χ0n) is 17.9. The maximum absolute atomic E-state index is 11.7. The van der Waals surface area contributed by atoms with Gasteiger partial charge in [0.05, 0.1) is 12.2 Å². The SMILES string of the molecule is CC1OC1CCCCCCCCCCCCCCC(=O)OCc1ccccc1. The lowest BCUT2D eigenvalue weighted by Gasteiger charge is -2.05. The zero-order valence-corrected chi connectivity index (χ0v) is 17.9. The van der Waals surface area contributed by atoms with Crippen molar-refractivity contribution in [3.8, 4) is 0 Å². The van der Waals surface area contributed by atoms with E-state index < -0.39 is 0 Å². The second-order valence-corrected chi connectivity index (χ2v) is 8.31. The highest BCUT2D eigenvalue weighted by molar-refractivity contribution is 5.69. The van der Waals surface area contributed by atoms with Crippen LogP contribution in [0.1, 0.15) is 102 Å². The molecule has 0 aromatic heterocycles. The normalized spacial score (nSPS) is 18.2. The first-order valence-corrected chi connectivity index (χ1v) is 11.6. The summed E-state index contributed by atoms with van der Waals surface area (Å²) in [5.74, 6) is -0.0666. The van der Waals surface area contributed by atoms with Crippen molar-refractivity contribution in [2.75, 3.05) is 0 Å². The lowest BCUT2D eigenvalue weighted by Crippen LogP contribution is -2.04. The first-order chi connectivity index (χ1) is 13.8. The van der Waals surface area contributed by atoms with Crippen LogP contribution in [0.5, 0.6) is 0 Å². The van der Waals surface area contributed by atoms with Gasteiger partial charge in [0, 0.05) is 6.42 Å². The average molecular weight is 389 g/mol. The summed E-state index contributed by atoms with van der Waals surface area (Å²) < 4.78 is 10.7. The first kappa shape index (κ1) is 22.9. The van der Waals surface area contributed by atoms with Crippen LogP contribution in [0, 0.1) is 0 Å². The number of benzene rings is 1. The highest BCUT2D eigenvalue weighted by Crippen LogP contribution is 2.26. The summed E-state index contributed by atoms with van der Waals surface area (Å²) >= 11 is 0. The molecule has 1 fully saturated rings. The van der Waals surface area contributed by atoms with Crippen LogP contribution in [-0.2, 0) is 20.9 Å². The predicted octanol–water partition coefficient (Wildman–Crippen LogP) is 6.98. The Kier molecular flexibility index (Phi) is 12.0. The van der Waals surface area contributed by atoms with Gasteiger partial charge in [-0.25, -0.2) is 0 Å². The average Bonchev–Trinajstić information content (AvgIpc) is 3.42. The van der Waals surface area contributed by atoms with Crippen LogP contribution in [0.3, 0.4) is 0 Å². The van der Waals surface area contributed by atoms with Crippen LogP contribution in [0.4, 0.5) is 0 Å². The second-order valence-electron chi connectivity index (χ2n) is 8.31. The number of carbonyl (C=O) groups excluding carboxylic acids is 1. The highest BCUT2D eigenvalue weighted by atomic mass is 16.6. The number of ether oxygens (including phenoxy) is 2. The van der Waals surface area contributed by atoms with Crippen molar-refractivity contribution >= 4 is 5.97 Å². The molecule has 1 heterocycles. The molecular formula is C25H40O3. The Balaban J connectivity index is 1.26. The van der Waals surface area contributed by atoms with E-state index in [2.05, 4.69) is 6.92 Å². The van der Waals surface area contributed by atoms with Gasteiger partial charge in [0.1, 0.15) is 6.61 Å². The first-order valence-electron chi connectivity index (χ1n) is 11.6. The molecule has 1 aromatic rings. The molecule has 0 aliphatic carbocycles. The van der Waals surface area contributed by atoms with Crippen LogP contribution in [0.2, 0.25) is 0 Å². The Morgan fingerprint density at radius 2 is 1.32 bits per heavy atom. The van der Waals surface area contributed by atoms with Gasteiger partial charge < -0.3 is 9.47 Å². The minimum atomic E-state index is -0.0666. The van der Waals surface area contributed by atoms with Crippen molar-refractivity contribution in [2.45, 2.75) is 116 Å². The molecule has 2 unspecified atom stereocenters. The molecule has 2 atom stereocenters. The summed E-state index contributed by atoms with van der Waals surface area (Å²) in [5, 5.41) is 0. The Labute approximate surface area is 172 Å². The summed E-state index contributed by atoms with van der Waals surface area (Å²) in [6.45, 7) is 2.57. The summed E-state index contributed by atoms with van der Waals surface area (Å²) in [4.78, 5) is 11.7. The third-order valence-corrected chi connectivity index (χ3v) is 5.70. The lowest BCUT2D eigenvalue weighted by molar-refractivity contribution is -0.145. The monoisotopic (exact) mass is 388 g/mol. The third-order valence-electron chi connectivity index (χ3n) is 5.70. The van der Waals surface area contributed by atoms with Crippen LogP contribution < -0.4 is 0 Å². The fraction of sp³-hybridized carbons (Fsp3) is 0.720. The number of hydrogen-bond donors (Lipinski definition) is 0. The van der Waals surface area contributed by atoms with E-state index in [1.165, 1.54) is 70.6 Å². The highest BCUT2D eigenvalue weighted by Gasteiger charge is 2.32. The molecule has 0 bridgehead atoms. The molecule has 1 aliphatic heterocycles. The Morgan fingerprint density at radius 1 is 0.821 bits per heavy atom. The van der Waals surface area contributed by atoms with Gasteiger partial charge in [-0.2, -0.15) is 0 Å². The van der Waals surface area contributed by atoms with Gasteiger partial charge in [0.15, 0.2) is 0 Å². The van der Waals surface area contributed by atoms with Gasteiger partial charge in [-0.15, -0.1) is 0 Å². The minimum absolute atomic E-state index is 0.0666. The van der Waals surface area contributed by atoms with Crippen molar-refractivity contribution in [3.05, 3.63) is 35.9 Å². The molecule has 0 saturated carbocycles. The molecule has 0 N–H and O–H groups in total. The number of rotatable bonds is 17. The maximum Gasteiger partial charge on any atom is 0.306 e. The molecule has 28 heavy (non-hydrogen) atoms. The lowest BCUT2D eigenvalue weighted by atomic mass is 10.0. The van der Waals surface area contributed by atoms with E-state index in [4.69, 9.17) is 9.47 Å². The van der Waals surface area contributed by atoms with E-state index in [9.17, 15) is 4.79 Å². The molecule has 3 heteroatoms. The summed E-state index contributed by atoms with van der Waals surface area (Å²) in [7, 11) is 0. The predicted molar refractivity (Wildman–Crippen MR) is 115 cm³/mol. The Morgan fingerprint density at radius 3 is 1.86 bits per heavy atom. The van der Waals surface area contributed by atoms with E-state index in [0.29, 0.717) is 25.2 Å². The van der Waals surface area contributed by atoms with E-state index in [1.807, 2.05) is 30.3 Å². The molecule has 0 spiro atoms. The molecule has 0 amide bonds. The molecule has 2 rings (SSSR count). The van der Waals surface area contributed by atoms with E-state index in [0.717, 1.165) is 18.4 Å². The zero-order chi connectivity index (χ0) is 19.9. The molecule has 158 valence electrons. The number of unbranched alkanes of at least 4 members (excludes halogenated alkanes) is 11. The molecule has 1 aromatic carbocycles. The fourth-order valence-corrected chi connectivity index (χ4v) is 3.73. The molecular weight excluding hydrogens is 348 g/mol. The Bertz CT molecular complexity index is 514. The maximum atomic E-state index is 11.7. The number of carbonyl (C=O) groups is 1. The van der Waals surface area contributed by atoms with Crippen molar-refractivity contribution < 1.29 is 14.3 Å². The van der Waals surface area contributed by atoms with Crippen molar-refractivity contribution in [3.63, 3.8) is 0 Å². The molecule has 3 nitrogen and oxygen atoms in total. The van der Waals surface area contributed by atoms with Crippen LogP contribution in [0.15, 0.2) is 30.3 Å². The molecule has 1 aliphatic rings. The van der Waals surface area contributed by atoms with Crippen molar-refractivity contribution in [2.24, 2.45) is 0 Å². The van der Waals surface area contributed by atoms with Gasteiger partial charge in [-0.05, 0) is 25.3 Å². The summed E-state index contributed by atoms with van der Waals surface area (Å²) in [6, 6.07) is 9.88. The van der Waals surface area contributed by atoms with E-state index >= 15 is 0 Å². The van der Waals surface area contributed by atoms with Gasteiger partial charge in [-0.3, -0.25) is 4.79 Å². The summed E-state index contributed by atoms with van der Waals surface area (Å²) in [6.07, 6.45) is 18.6.